The summed E-state index contributed by atoms with van der Waals surface area (Å²) in [5.41, 5.74) is 0. The molecule has 0 aliphatic carbocycles. The van der Waals surface area contributed by atoms with E-state index in [4.69, 9.17) is 0 Å². The van der Waals surface area contributed by atoms with Crippen LogP contribution in [0.4, 0.5) is 0 Å². The average molecular weight is 117 g/mol. The third kappa shape index (κ3) is 1.35. The zero-order valence-electron chi connectivity index (χ0n) is 4.68. The molecule has 0 saturated carbocycles. The molecule has 1 aliphatic heterocycles. The van der Waals surface area contributed by atoms with Gasteiger partial charge in [-0.25, -0.2) is 0 Å². The fourth-order valence-corrected chi connectivity index (χ4v) is 1.79. The summed E-state index contributed by atoms with van der Waals surface area (Å²) in [6.07, 6.45) is 0. The van der Waals surface area contributed by atoms with E-state index >= 15 is 0 Å². The third-order valence-electron chi connectivity index (χ3n) is 1.27. The molecule has 0 aromatic carbocycles. The Labute approximate surface area is 49.1 Å². The van der Waals surface area contributed by atoms with Gasteiger partial charge in [-0.3, -0.25) is 4.90 Å². The predicted molar refractivity (Wildman–Crippen MR) is 34.6 cm³/mol. The molecule has 2 heteroatoms. The van der Waals surface area contributed by atoms with Crippen LogP contribution in [0.15, 0.2) is 0 Å². The van der Waals surface area contributed by atoms with Crippen LogP contribution in [0.3, 0.4) is 0 Å². The average Bonchev–Trinajstić information content (AvgIpc) is 2.14. The van der Waals surface area contributed by atoms with E-state index in [0.29, 0.717) is 0 Å². The predicted octanol–water partition coefficient (Wildman–Crippen LogP) is 1.01. The van der Waals surface area contributed by atoms with Crippen LogP contribution in [-0.2, 0) is 0 Å². The normalized spacial score (nSPS) is 23.6. The summed E-state index contributed by atoms with van der Waals surface area (Å²) in [5, 5.41) is 0. The molecule has 7 heavy (non-hydrogen) atoms. The molecule has 0 atom stereocenters. The first-order valence-electron chi connectivity index (χ1n) is 2.73. The number of nitrogens with zero attached hydrogens (tertiary/aromatic N) is 1. The Balaban J connectivity index is 2.14. The van der Waals surface area contributed by atoms with Crippen LogP contribution in [0.5, 0.6) is 0 Å². The highest BCUT2D eigenvalue weighted by Gasteiger charge is 2.07. The maximum absolute atomic E-state index is 2.45. The van der Waals surface area contributed by atoms with Gasteiger partial charge in [0.1, 0.15) is 0 Å². The van der Waals surface area contributed by atoms with Crippen LogP contribution < -0.4 is 0 Å². The summed E-state index contributed by atoms with van der Waals surface area (Å²) >= 11 is 2.03. The molecule has 0 spiro atoms. The van der Waals surface area contributed by atoms with E-state index in [2.05, 4.69) is 11.8 Å². The molecule has 1 saturated heterocycles. The highest BCUT2D eigenvalue weighted by molar-refractivity contribution is 7.99. The summed E-state index contributed by atoms with van der Waals surface area (Å²) in [6, 6.07) is 0. The van der Waals surface area contributed by atoms with Gasteiger partial charge in [0.2, 0.25) is 0 Å². The third-order valence-corrected chi connectivity index (χ3v) is 2.29. The van der Waals surface area contributed by atoms with Crippen molar-refractivity contribution in [3.8, 4) is 0 Å². The molecule has 1 aliphatic rings. The molecule has 0 unspecified atom stereocenters. The first kappa shape index (κ1) is 5.45. The van der Waals surface area contributed by atoms with Gasteiger partial charge in [-0.1, -0.05) is 6.92 Å². The minimum absolute atomic E-state index is 1.23. The minimum atomic E-state index is 1.23. The summed E-state index contributed by atoms with van der Waals surface area (Å²) in [5.74, 6) is 2.60. The van der Waals surface area contributed by atoms with Crippen molar-refractivity contribution in [3.05, 3.63) is 0 Å². The van der Waals surface area contributed by atoms with E-state index in [1.165, 1.54) is 24.7 Å². The number of hydrogen-bond acceptors (Lipinski definition) is 2. The lowest BCUT2D eigenvalue weighted by Crippen LogP contribution is -2.17. The zero-order chi connectivity index (χ0) is 5.11. The Morgan fingerprint density at radius 3 is 2.86 bits per heavy atom. The molecule has 0 amide bonds. The first-order chi connectivity index (χ1) is 3.43. The van der Waals surface area contributed by atoms with E-state index in [9.17, 15) is 0 Å². The molecule has 42 valence electrons. The summed E-state index contributed by atoms with van der Waals surface area (Å²) in [7, 11) is 0. The smallest absolute Gasteiger partial charge is 0.0444 e. The van der Waals surface area contributed by atoms with Gasteiger partial charge < -0.3 is 0 Å². The number of rotatable bonds is 1. The summed E-state index contributed by atoms with van der Waals surface area (Å²) < 4.78 is 0. The van der Waals surface area contributed by atoms with Gasteiger partial charge in [0.25, 0.3) is 0 Å². The van der Waals surface area contributed by atoms with Crippen LogP contribution in [-0.4, -0.2) is 29.6 Å². The Morgan fingerprint density at radius 2 is 2.57 bits per heavy atom. The van der Waals surface area contributed by atoms with Crippen molar-refractivity contribution in [2.24, 2.45) is 0 Å². The lowest BCUT2D eigenvalue weighted by molar-refractivity contribution is 0.377. The molecular weight excluding hydrogens is 106 g/mol. The van der Waals surface area contributed by atoms with E-state index < -0.39 is 0 Å². The molecule has 1 fully saturated rings. The molecule has 0 bridgehead atoms. The fraction of sp³-hybridized carbons (Fsp3) is 1.00. The molecular formula is C5H11NS. The van der Waals surface area contributed by atoms with Gasteiger partial charge >= 0.3 is 0 Å². The number of hydrogen-bond donors (Lipinski definition) is 0. The monoisotopic (exact) mass is 117 g/mol. The molecule has 0 N–H and O–H groups in total. The van der Waals surface area contributed by atoms with E-state index in [1.807, 2.05) is 11.8 Å². The highest BCUT2D eigenvalue weighted by atomic mass is 32.2. The Kier molecular flexibility index (Phi) is 2.00. The second kappa shape index (κ2) is 2.58. The van der Waals surface area contributed by atoms with Crippen molar-refractivity contribution in [3.63, 3.8) is 0 Å². The summed E-state index contributed by atoms with van der Waals surface area (Å²) in [6.45, 7) is 4.75. The van der Waals surface area contributed by atoms with Crippen molar-refractivity contribution in [1.29, 1.82) is 0 Å². The van der Waals surface area contributed by atoms with E-state index in [0.717, 1.165) is 0 Å². The van der Waals surface area contributed by atoms with Crippen molar-refractivity contribution < 1.29 is 0 Å². The topological polar surface area (TPSA) is 3.24 Å². The highest BCUT2D eigenvalue weighted by Crippen LogP contribution is 2.11. The Bertz CT molecular complexity index is 50.0. The van der Waals surface area contributed by atoms with Gasteiger partial charge in [0.15, 0.2) is 0 Å². The van der Waals surface area contributed by atoms with Gasteiger partial charge in [-0.05, 0) is 6.54 Å². The first-order valence-corrected chi connectivity index (χ1v) is 3.89. The lowest BCUT2D eigenvalue weighted by atomic mass is 10.6. The quantitative estimate of drug-likeness (QED) is 0.504. The summed E-state index contributed by atoms with van der Waals surface area (Å²) in [4.78, 5) is 2.45. The van der Waals surface area contributed by atoms with Crippen molar-refractivity contribution in [2.45, 2.75) is 6.92 Å². The second-order valence-electron chi connectivity index (χ2n) is 1.75. The van der Waals surface area contributed by atoms with Gasteiger partial charge in [0.05, 0.1) is 0 Å². The van der Waals surface area contributed by atoms with Crippen LogP contribution in [0.1, 0.15) is 6.92 Å². The van der Waals surface area contributed by atoms with Crippen molar-refractivity contribution in [1.82, 2.24) is 4.90 Å². The fourth-order valence-electron chi connectivity index (χ4n) is 0.701. The number of thioether (sulfide) groups is 1. The van der Waals surface area contributed by atoms with Crippen LogP contribution in [0.25, 0.3) is 0 Å². The molecule has 1 heterocycles. The molecule has 0 aromatic rings. The zero-order valence-corrected chi connectivity index (χ0v) is 5.50. The lowest BCUT2D eigenvalue weighted by Gasteiger charge is -2.07. The van der Waals surface area contributed by atoms with Gasteiger partial charge in [-0.15, -0.1) is 11.8 Å². The molecule has 1 nitrogen and oxygen atoms in total. The largest absolute Gasteiger partial charge is 0.294 e. The maximum atomic E-state index is 2.45. The molecule has 1 rings (SSSR count). The van der Waals surface area contributed by atoms with Crippen LogP contribution in [0, 0.1) is 0 Å². The Hall–Kier alpha value is 0.310. The van der Waals surface area contributed by atoms with Gasteiger partial charge in [-0.2, -0.15) is 0 Å². The SMILES string of the molecule is CCN1CCSC1. The van der Waals surface area contributed by atoms with Crippen LogP contribution in [0.2, 0.25) is 0 Å². The van der Waals surface area contributed by atoms with E-state index in [-0.39, 0.29) is 0 Å². The standard InChI is InChI=1S/C5H11NS/c1-2-6-3-4-7-5-6/h2-5H2,1H3. The maximum Gasteiger partial charge on any atom is 0.0444 e. The molecule has 0 radical (unpaired) electrons. The van der Waals surface area contributed by atoms with E-state index in [1.54, 1.807) is 0 Å². The minimum Gasteiger partial charge on any atom is -0.294 e. The van der Waals surface area contributed by atoms with Gasteiger partial charge in [0, 0.05) is 18.2 Å². The van der Waals surface area contributed by atoms with Crippen molar-refractivity contribution in [2.75, 3.05) is 24.7 Å². The molecule has 0 aromatic heterocycles. The Morgan fingerprint density at radius 1 is 1.71 bits per heavy atom. The van der Waals surface area contributed by atoms with Crippen molar-refractivity contribution >= 4 is 11.8 Å². The van der Waals surface area contributed by atoms with Crippen LogP contribution >= 0.6 is 11.8 Å². The second-order valence-corrected chi connectivity index (χ2v) is 2.82.